The van der Waals surface area contributed by atoms with Gasteiger partial charge in [0.25, 0.3) is 0 Å². The average molecular weight is 513 g/mol. The van der Waals surface area contributed by atoms with Gasteiger partial charge in [-0.25, -0.2) is 4.79 Å². The fourth-order valence-corrected chi connectivity index (χ4v) is 5.42. The van der Waals surface area contributed by atoms with E-state index in [9.17, 15) is 19.5 Å². The van der Waals surface area contributed by atoms with Crippen molar-refractivity contribution in [3.63, 3.8) is 0 Å². The molecule has 5 rings (SSSR count). The van der Waals surface area contributed by atoms with Gasteiger partial charge in [0.2, 0.25) is 11.8 Å². The molecule has 1 heterocycles. The third-order valence-corrected chi connectivity index (χ3v) is 7.61. The second-order valence-corrected chi connectivity index (χ2v) is 10.0. The van der Waals surface area contributed by atoms with Gasteiger partial charge in [-0.1, -0.05) is 54.6 Å². The van der Waals surface area contributed by atoms with E-state index >= 15 is 0 Å². The molecule has 2 N–H and O–H groups in total. The molecule has 0 radical (unpaired) electrons. The van der Waals surface area contributed by atoms with Gasteiger partial charge >= 0.3 is 5.97 Å². The Morgan fingerprint density at radius 2 is 1.84 bits per heavy atom. The largest absolute Gasteiger partial charge is 0.478 e. The summed E-state index contributed by atoms with van der Waals surface area (Å²) >= 11 is 0. The maximum Gasteiger partial charge on any atom is 0.335 e. The minimum Gasteiger partial charge on any atom is -0.478 e. The van der Waals surface area contributed by atoms with Gasteiger partial charge in [-0.15, -0.1) is 0 Å². The van der Waals surface area contributed by atoms with Gasteiger partial charge in [0, 0.05) is 32.7 Å². The first-order valence-electron chi connectivity index (χ1n) is 13.0. The molecule has 2 amide bonds. The molecule has 38 heavy (non-hydrogen) atoms. The lowest BCUT2D eigenvalue weighted by atomic mass is 9.87. The van der Waals surface area contributed by atoms with Crippen molar-refractivity contribution in [2.45, 2.75) is 38.3 Å². The van der Waals surface area contributed by atoms with Crippen LogP contribution in [0.1, 0.15) is 51.4 Å². The molecule has 0 spiro atoms. The maximum absolute atomic E-state index is 13.0. The van der Waals surface area contributed by atoms with Crippen molar-refractivity contribution in [2.24, 2.45) is 5.92 Å². The van der Waals surface area contributed by atoms with Crippen LogP contribution in [0.2, 0.25) is 0 Å². The van der Waals surface area contributed by atoms with E-state index in [4.69, 9.17) is 4.74 Å². The quantitative estimate of drug-likeness (QED) is 0.443. The van der Waals surface area contributed by atoms with E-state index in [0.717, 1.165) is 34.2 Å². The number of carboxylic acids is 1. The van der Waals surface area contributed by atoms with Crippen molar-refractivity contribution >= 4 is 17.8 Å². The number of hydrogen-bond acceptors (Lipinski definition) is 4. The molecule has 3 aromatic rings. The summed E-state index contributed by atoms with van der Waals surface area (Å²) in [7, 11) is 1.58. The summed E-state index contributed by atoms with van der Waals surface area (Å²) < 4.78 is 5.09. The highest BCUT2D eigenvalue weighted by molar-refractivity contribution is 5.90. The van der Waals surface area contributed by atoms with Gasteiger partial charge in [0.1, 0.15) is 0 Å². The number of benzene rings is 3. The van der Waals surface area contributed by atoms with Gasteiger partial charge in [-0.3, -0.25) is 9.59 Å². The van der Waals surface area contributed by atoms with Gasteiger partial charge in [-0.2, -0.15) is 0 Å². The number of carboxylic acid groups (broad SMARTS) is 1. The lowest BCUT2D eigenvalue weighted by Gasteiger charge is -2.32. The normalized spacial score (nSPS) is 18.0. The van der Waals surface area contributed by atoms with Crippen molar-refractivity contribution in [1.29, 1.82) is 0 Å². The fourth-order valence-electron chi connectivity index (χ4n) is 5.42. The lowest BCUT2D eigenvalue weighted by molar-refractivity contribution is -0.133. The molecule has 1 fully saturated rings. The number of carbonyl (C=O) groups is 3. The second kappa shape index (κ2) is 11.2. The third-order valence-electron chi connectivity index (χ3n) is 7.61. The topological polar surface area (TPSA) is 95.9 Å². The predicted molar refractivity (Wildman–Crippen MR) is 144 cm³/mol. The Labute approximate surface area is 222 Å². The number of methoxy groups -OCH3 is 1. The summed E-state index contributed by atoms with van der Waals surface area (Å²) in [5, 5.41) is 12.6. The average Bonchev–Trinajstić information content (AvgIpc) is 3.76. The minimum absolute atomic E-state index is 0.0154. The number of aromatic carboxylic acids is 1. The Bertz CT molecular complexity index is 1350. The van der Waals surface area contributed by atoms with Crippen LogP contribution in [-0.2, 0) is 33.8 Å². The molecule has 1 saturated carbocycles. The van der Waals surface area contributed by atoms with Crippen LogP contribution in [0.15, 0.2) is 66.7 Å². The fraction of sp³-hybridized carbons (Fsp3) is 0.323. The molecule has 2 atom stereocenters. The van der Waals surface area contributed by atoms with Gasteiger partial charge in [0.15, 0.2) is 0 Å². The number of ether oxygens (including phenoxy) is 1. The Kier molecular flexibility index (Phi) is 7.56. The molecule has 2 aliphatic rings. The Morgan fingerprint density at radius 1 is 1.03 bits per heavy atom. The SMILES string of the molecule is COCCC(=O)N1CCc2c(-c3cccc(C(=O)O)c3)ccc(CNC(=O)[C@H]3C[C@@H]3c3ccccc3)c2C1. The summed E-state index contributed by atoms with van der Waals surface area (Å²) in [4.78, 5) is 39.2. The van der Waals surface area contributed by atoms with E-state index in [1.165, 1.54) is 5.56 Å². The molecular formula is C31H32N2O5. The summed E-state index contributed by atoms with van der Waals surface area (Å²) in [5.74, 6) is -0.630. The standard InChI is InChI=1S/C31H32N2O5/c1-38-15-13-29(34)33-14-12-25-24(21-8-5-9-22(16-21)31(36)37)11-10-23(28(25)19-33)18-32-30(35)27-17-26(27)20-6-3-2-4-7-20/h2-11,16,26-27H,12-15,17-19H2,1H3,(H,32,35)(H,36,37)/t26-,27+/m1/s1. The van der Waals surface area contributed by atoms with Crippen molar-refractivity contribution in [1.82, 2.24) is 10.2 Å². The van der Waals surface area contributed by atoms with Gasteiger partial charge < -0.3 is 20.1 Å². The highest BCUT2D eigenvalue weighted by atomic mass is 16.5. The summed E-state index contributed by atoms with van der Waals surface area (Å²) in [6.45, 7) is 1.79. The molecule has 7 nitrogen and oxygen atoms in total. The van der Waals surface area contributed by atoms with E-state index in [1.807, 2.05) is 41.3 Å². The number of amides is 2. The highest BCUT2D eigenvalue weighted by Crippen LogP contribution is 2.47. The molecule has 0 aromatic heterocycles. The monoisotopic (exact) mass is 512 g/mol. The van der Waals surface area contributed by atoms with Crippen LogP contribution in [0.5, 0.6) is 0 Å². The Balaban J connectivity index is 1.39. The number of hydrogen-bond donors (Lipinski definition) is 2. The van der Waals surface area contributed by atoms with E-state index in [-0.39, 0.29) is 29.2 Å². The first kappa shape index (κ1) is 25.7. The molecular weight excluding hydrogens is 480 g/mol. The zero-order valence-electron chi connectivity index (χ0n) is 21.5. The number of rotatable bonds is 9. The molecule has 3 aromatic carbocycles. The second-order valence-electron chi connectivity index (χ2n) is 10.0. The molecule has 0 unspecified atom stereocenters. The van der Waals surface area contributed by atoms with Gasteiger partial charge in [-0.05, 0) is 64.3 Å². The lowest BCUT2D eigenvalue weighted by Crippen LogP contribution is -2.37. The zero-order valence-corrected chi connectivity index (χ0v) is 21.5. The maximum atomic E-state index is 13.0. The van der Waals surface area contributed by atoms with Crippen LogP contribution < -0.4 is 5.32 Å². The predicted octanol–water partition coefficient (Wildman–Crippen LogP) is 4.39. The van der Waals surface area contributed by atoms with Crippen LogP contribution in [0.3, 0.4) is 0 Å². The van der Waals surface area contributed by atoms with Crippen molar-refractivity contribution < 1.29 is 24.2 Å². The van der Waals surface area contributed by atoms with Gasteiger partial charge in [0.05, 0.1) is 18.6 Å². The number of carbonyl (C=O) groups excluding carboxylic acids is 2. The molecule has 0 saturated heterocycles. The van der Waals surface area contributed by atoms with Crippen molar-refractivity contribution in [3.8, 4) is 11.1 Å². The third kappa shape index (κ3) is 5.48. The molecule has 0 bridgehead atoms. The summed E-state index contributed by atoms with van der Waals surface area (Å²) in [6.07, 6.45) is 1.83. The number of nitrogens with one attached hydrogen (secondary N) is 1. The van der Waals surface area contributed by atoms with Crippen LogP contribution in [-0.4, -0.2) is 48.1 Å². The smallest absolute Gasteiger partial charge is 0.335 e. The zero-order chi connectivity index (χ0) is 26.6. The number of fused-ring (bicyclic) bond motifs is 1. The van der Waals surface area contributed by atoms with Crippen LogP contribution in [0.25, 0.3) is 11.1 Å². The number of nitrogens with zero attached hydrogens (tertiary/aromatic N) is 1. The van der Waals surface area contributed by atoms with E-state index in [2.05, 4.69) is 17.4 Å². The summed E-state index contributed by atoms with van der Waals surface area (Å²) in [6, 6.07) is 21.1. The Morgan fingerprint density at radius 3 is 2.61 bits per heavy atom. The van der Waals surface area contributed by atoms with E-state index in [1.54, 1.807) is 25.3 Å². The van der Waals surface area contributed by atoms with Crippen molar-refractivity contribution in [2.75, 3.05) is 20.3 Å². The summed E-state index contributed by atoms with van der Waals surface area (Å²) in [5.41, 5.74) is 6.33. The molecule has 1 aliphatic carbocycles. The van der Waals surface area contributed by atoms with Crippen molar-refractivity contribution in [3.05, 3.63) is 94.5 Å². The first-order valence-corrected chi connectivity index (χ1v) is 13.0. The molecule has 196 valence electrons. The highest BCUT2D eigenvalue weighted by Gasteiger charge is 2.43. The van der Waals surface area contributed by atoms with Crippen LogP contribution >= 0.6 is 0 Å². The van der Waals surface area contributed by atoms with E-state index < -0.39 is 5.97 Å². The Hall–Kier alpha value is -3.97. The van der Waals surface area contributed by atoms with Crippen LogP contribution in [0.4, 0.5) is 0 Å². The molecule has 7 heteroatoms. The van der Waals surface area contributed by atoms with E-state index in [0.29, 0.717) is 39.1 Å². The minimum atomic E-state index is -0.969. The molecule has 1 aliphatic heterocycles. The first-order chi connectivity index (χ1) is 18.5. The van der Waals surface area contributed by atoms with Crippen LogP contribution in [0, 0.1) is 5.92 Å².